The molecule has 0 atom stereocenters. The minimum atomic E-state index is 0.0269. The van der Waals surface area contributed by atoms with Gasteiger partial charge < -0.3 is 4.74 Å². The van der Waals surface area contributed by atoms with Gasteiger partial charge in [0.2, 0.25) is 0 Å². The lowest BCUT2D eigenvalue weighted by atomic mass is 10.0. The van der Waals surface area contributed by atoms with Gasteiger partial charge in [-0.3, -0.25) is 4.79 Å². The zero-order valence-corrected chi connectivity index (χ0v) is 28.5. The van der Waals surface area contributed by atoms with Gasteiger partial charge in [0.25, 0.3) is 0 Å². The second kappa shape index (κ2) is 46.3. The van der Waals surface area contributed by atoms with Crippen LogP contribution in [0.5, 0.6) is 0 Å². The molecule has 0 bridgehead atoms. The van der Waals surface area contributed by atoms with E-state index in [2.05, 4.69) is 27.0 Å². The molecule has 4 heteroatoms. The van der Waals surface area contributed by atoms with E-state index in [0.29, 0.717) is 13.0 Å². The van der Waals surface area contributed by atoms with Crippen LogP contribution in [0, 0.1) is 0 Å². The van der Waals surface area contributed by atoms with Crippen molar-refractivity contribution in [3.63, 3.8) is 0 Å². The Labute approximate surface area is 262 Å². The summed E-state index contributed by atoms with van der Waals surface area (Å²) in [6.45, 7) is 10.6. The molecule has 0 aliphatic rings. The first kappa shape index (κ1) is 44.8. The van der Waals surface area contributed by atoms with Crippen LogP contribution < -0.4 is 0 Å². The molecule has 0 spiro atoms. The SMILES string of the molecule is C=C=O.C=C=O.CCCCCCCCCCCCCCCCCCOC(=O)CCCCCCCCCCCCCCC. The second-order valence-corrected chi connectivity index (χ2v) is 11.8. The molecule has 0 amide bonds. The highest BCUT2D eigenvalue weighted by atomic mass is 16.5. The highest BCUT2D eigenvalue weighted by molar-refractivity contribution is 5.69. The quantitative estimate of drug-likeness (QED) is 0.0456. The number of hydrogen-bond donors (Lipinski definition) is 0. The average molecular weight is 593 g/mol. The maximum absolute atomic E-state index is 11.9. The molecular weight excluding hydrogens is 520 g/mol. The Morgan fingerprint density at radius 1 is 0.429 bits per heavy atom. The molecule has 0 heterocycles. The number of unbranched alkanes of at least 4 members (excludes halogenated alkanes) is 27. The van der Waals surface area contributed by atoms with Crippen LogP contribution in [0.25, 0.3) is 0 Å². The van der Waals surface area contributed by atoms with Crippen molar-refractivity contribution in [1.29, 1.82) is 0 Å². The van der Waals surface area contributed by atoms with Crippen LogP contribution in [0.3, 0.4) is 0 Å². The van der Waals surface area contributed by atoms with Crippen molar-refractivity contribution in [3.8, 4) is 0 Å². The Kier molecular flexibility index (Phi) is 49.4. The van der Waals surface area contributed by atoms with Crippen LogP contribution in [0.1, 0.15) is 206 Å². The summed E-state index contributed by atoms with van der Waals surface area (Å²) in [5.74, 6) is 2.53. The molecule has 0 aliphatic carbocycles. The Hall–Kier alpha value is -1.63. The van der Waals surface area contributed by atoms with E-state index in [-0.39, 0.29) is 5.97 Å². The van der Waals surface area contributed by atoms with Gasteiger partial charge in [-0.1, -0.05) is 187 Å². The first-order valence-electron chi connectivity index (χ1n) is 18.1. The van der Waals surface area contributed by atoms with Gasteiger partial charge in [-0.15, -0.1) is 0 Å². The van der Waals surface area contributed by atoms with Gasteiger partial charge in [0.05, 0.1) is 6.61 Å². The maximum Gasteiger partial charge on any atom is 0.305 e. The predicted octanol–water partition coefficient (Wildman–Crippen LogP) is 12.3. The van der Waals surface area contributed by atoms with Crippen molar-refractivity contribution in [2.75, 3.05) is 6.61 Å². The Morgan fingerprint density at radius 2 is 0.643 bits per heavy atom. The standard InChI is InChI=1S/C34H68O2.2C2H2O/c1-3-5-7-9-11-13-15-17-18-19-21-23-25-27-29-31-33-36-34(35)32-30-28-26-24-22-20-16-14-12-10-8-6-4-2;2*1-2-3/h3-33H2,1-2H3;2*1H2. The van der Waals surface area contributed by atoms with Gasteiger partial charge in [0.1, 0.15) is 11.9 Å². The summed E-state index contributed by atoms with van der Waals surface area (Å²) >= 11 is 0. The molecule has 0 N–H and O–H groups in total. The molecule has 0 aromatic carbocycles. The minimum absolute atomic E-state index is 0.0269. The Morgan fingerprint density at radius 3 is 0.905 bits per heavy atom. The van der Waals surface area contributed by atoms with E-state index >= 15 is 0 Å². The Balaban J connectivity index is -0.00000231. The highest BCUT2D eigenvalue weighted by Crippen LogP contribution is 2.15. The number of esters is 1. The fourth-order valence-corrected chi connectivity index (χ4v) is 5.20. The van der Waals surface area contributed by atoms with Gasteiger partial charge in [-0.05, 0) is 26.0 Å². The summed E-state index contributed by atoms with van der Waals surface area (Å²) in [6.07, 6.45) is 40.1. The molecule has 0 aromatic rings. The molecule has 0 aromatic heterocycles. The highest BCUT2D eigenvalue weighted by Gasteiger charge is 2.03. The lowest BCUT2D eigenvalue weighted by molar-refractivity contribution is -0.143. The first-order chi connectivity index (χ1) is 20.6. The van der Waals surface area contributed by atoms with E-state index in [4.69, 9.17) is 14.3 Å². The third-order valence-electron chi connectivity index (χ3n) is 7.75. The molecular formula is C38H72O4. The Bertz CT molecular complexity index is 547. The molecule has 42 heavy (non-hydrogen) atoms. The zero-order chi connectivity index (χ0) is 31.6. The summed E-state index contributed by atoms with van der Waals surface area (Å²) in [4.78, 5) is 29.0. The molecule has 0 saturated heterocycles. The fraction of sp³-hybridized carbons (Fsp3) is 0.868. The van der Waals surface area contributed by atoms with E-state index in [9.17, 15) is 4.79 Å². The molecule has 4 nitrogen and oxygen atoms in total. The van der Waals surface area contributed by atoms with E-state index in [1.165, 1.54) is 185 Å². The lowest BCUT2D eigenvalue weighted by Gasteiger charge is -2.06. The number of carbonyl (C=O) groups is 1. The topological polar surface area (TPSA) is 60.4 Å². The van der Waals surface area contributed by atoms with Crippen molar-refractivity contribution in [2.45, 2.75) is 206 Å². The normalized spacial score (nSPS) is 10.0. The first-order valence-corrected chi connectivity index (χ1v) is 18.1. The molecule has 0 radical (unpaired) electrons. The van der Waals surface area contributed by atoms with Crippen molar-refractivity contribution in [3.05, 3.63) is 13.2 Å². The third-order valence-corrected chi connectivity index (χ3v) is 7.75. The van der Waals surface area contributed by atoms with E-state index in [0.717, 1.165) is 12.8 Å². The smallest absolute Gasteiger partial charge is 0.305 e. The molecule has 0 saturated carbocycles. The summed E-state index contributed by atoms with van der Waals surface area (Å²) in [7, 11) is 0. The van der Waals surface area contributed by atoms with Crippen LogP contribution in [-0.4, -0.2) is 24.5 Å². The number of ether oxygens (including phenoxy) is 1. The van der Waals surface area contributed by atoms with Gasteiger partial charge in [0, 0.05) is 6.42 Å². The van der Waals surface area contributed by atoms with Crippen LogP contribution >= 0.6 is 0 Å². The summed E-state index contributed by atoms with van der Waals surface area (Å²) < 4.78 is 5.43. The van der Waals surface area contributed by atoms with Gasteiger partial charge in [0.15, 0.2) is 0 Å². The molecule has 0 rings (SSSR count). The molecule has 0 fully saturated rings. The fourth-order valence-electron chi connectivity index (χ4n) is 5.20. The largest absolute Gasteiger partial charge is 0.466 e. The van der Waals surface area contributed by atoms with Crippen molar-refractivity contribution >= 4 is 17.9 Å². The zero-order valence-electron chi connectivity index (χ0n) is 28.5. The number of rotatable bonds is 31. The molecule has 0 aliphatic heterocycles. The van der Waals surface area contributed by atoms with Crippen molar-refractivity contribution in [1.82, 2.24) is 0 Å². The van der Waals surface area contributed by atoms with Gasteiger partial charge in [-0.25, -0.2) is 9.59 Å². The predicted molar refractivity (Wildman–Crippen MR) is 183 cm³/mol. The average Bonchev–Trinajstić information content (AvgIpc) is 2.98. The second-order valence-electron chi connectivity index (χ2n) is 11.8. The van der Waals surface area contributed by atoms with Crippen LogP contribution in [0.15, 0.2) is 13.2 Å². The maximum atomic E-state index is 11.9. The van der Waals surface area contributed by atoms with Crippen LogP contribution in [0.2, 0.25) is 0 Å². The van der Waals surface area contributed by atoms with Crippen molar-refractivity contribution < 1.29 is 19.1 Å². The van der Waals surface area contributed by atoms with E-state index < -0.39 is 0 Å². The lowest BCUT2D eigenvalue weighted by Crippen LogP contribution is -2.05. The van der Waals surface area contributed by atoms with Gasteiger partial charge in [-0.2, -0.15) is 0 Å². The van der Waals surface area contributed by atoms with E-state index in [1.54, 1.807) is 0 Å². The number of carbonyl (C=O) groups excluding carboxylic acids is 3. The third kappa shape index (κ3) is 51.1. The summed E-state index contributed by atoms with van der Waals surface area (Å²) in [5.41, 5.74) is 0. The number of hydrogen-bond acceptors (Lipinski definition) is 4. The summed E-state index contributed by atoms with van der Waals surface area (Å²) in [5, 5.41) is 0. The monoisotopic (exact) mass is 593 g/mol. The van der Waals surface area contributed by atoms with Crippen LogP contribution in [0.4, 0.5) is 0 Å². The van der Waals surface area contributed by atoms with Gasteiger partial charge >= 0.3 is 5.97 Å². The van der Waals surface area contributed by atoms with Crippen LogP contribution in [-0.2, 0) is 19.1 Å². The molecule has 0 unspecified atom stereocenters. The summed E-state index contributed by atoms with van der Waals surface area (Å²) in [6, 6.07) is 0. The minimum Gasteiger partial charge on any atom is -0.466 e. The van der Waals surface area contributed by atoms with E-state index in [1.807, 2.05) is 0 Å². The molecule has 248 valence electrons. The van der Waals surface area contributed by atoms with Crippen molar-refractivity contribution in [2.24, 2.45) is 0 Å².